The molecule has 1 unspecified atom stereocenters. The fourth-order valence-electron chi connectivity index (χ4n) is 3.62. The molecule has 1 atom stereocenters. The molecule has 2 aliphatic rings. The molecule has 138 valence electrons. The van der Waals surface area contributed by atoms with Gasteiger partial charge in [0.1, 0.15) is 5.75 Å². The number of piperidine rings is 1. The molecule has 1 aromatic carbocycles. The first-order valence-electron chi connectivity index (χ1n) is 9.58. The van der Waals surface area contributed by atoms with Gasteiger partial charge in [-0.15, -0.1) is 0 Å². The van der Waals surface area contributed by atoms with Crippen LogP contribution in [0.25, 0.3) is 0 Å². The monoisotopic (exact) mass is 355 g/mol. The first kappa shape index (κ1) is 17.1. The molecule has 2 heterocycles. The Morgan fingerprint density at radius 1 is 1.31 bits per heavy atom. The Morgan fingerprint density at radius 3 is 2.96 bits per heavy atom. The Hall–Kier alpha value is -2.37. The Balaban J connectivity index is 1.41. The van der Waals surface area contributed by atoms with Crippen LogP contribution in [0.3, 0.4) is 0 Å². The van der Waals surface area contributed by atoms with E-state index in [2.05, 4.69) is 10.1 Å². The summed E-state index contributed by atoms with van der Waals surface area (Å²) in [6, 6.07) is 7.48. The van der Waals surface area contributed by atoms with Crippen LogP contribution in [0.5, 0.6) is 5.75 Å². The van der Waals surface area contributed by atoms with Crippen molar-refractivity contribution in [1.82, 2.24) is 15.0 Å². The summed E-state index contributed by atoms with van der Waals surface area (Å²) in [5.41, 5.74) is 0.642. The van der Waals surface area contributed by atoms with Gasteiger partial charge in [-0.25, -0.2) is 0 Å². The Morgan fingerprint density at radius 2 is 2.15 bits per heavy atom. The van der Waals surface area contributed by atoms with Gasteiger partial charge in [-0.1, -0.05) is 17.3 Å². The predicted octanol–water partition coefficient (Wildman–Crippen LogP) is 3.44. The summed E-state index contributed by atoms with van der Waals surface area (Å²) in [4.78, 5) is 19.5. The smallest absolute Gasteiger partial charge is 0.257 e. The average Bonchev–Trinajstić information content (AvgIpc) is 3.42. The number of carbonyl (C=O) groups is 1. The highest BCUT2D eigenvalue weighted by atomic mass is 16.5. The lowest BCUT2D eigenvalue weighted by atomic mass is 9.94. The van der Waals surface area contributed by atoms with E-state index in [1.54, 1.807) is 0 Å². The van der Waals surface area contributed by atoms with Gasteiger partial charge in [0, 0.05) is 25.4 Å². The highest BCUT2D eigenvalue weighted by Crippen LogP contribution is 2.38. The van der Waals surface area contributed by atoms with Crippen LogP contribution in [-0.4, -0.2) is 40.6 Å². The molecule has 0 radical (unpaired) electrons. The van der Waals surface area contributed by atoms with Gasteiger partial charge >= 0.3 is 0 Å². The second-order valence-corrected chi connectivity index (χ2v) is 7.21. The number of hydrogen-bond acceptors (Lipinski definition) is 5. The molecule has 1 saturated heterocycles. The van der Waals surface area contributed by atoms with E-state index in [0.717, 1.165) is 38.2 Å². The van der Waals surface area contributed by atoms with Crippen molar-refractivity contribution < 1.29 is 14.1 Å². The van der Waals surface area contributed by atoms with E-state index in [4.69, 9.17) is 9.26 Å². The zero-order valence-corrected chi connectivity index (χ0v) is 15.2. The van der Waals surface area contributed by atoms with Gasteiger partial charge in [0.2, 0.25) is 5.89 Å². The number of aromatic nitrogens is 2. The van der Waals surface area contributed by atoms with Crippen LogP contribution >= 0.6 is 0 Å². The number of para-hydroxylation sites is 1. The van der Waals surface area contributed by atoms with Crippen molar-refractivity contribution in [2.75, 3.05) is 19.7 Å². The molecule has 2 fully saturated rings. The van der Waals surface area contributed by atoms with Crippen LogP contribution in [0.15, 0.2) is 28.8 Å². The number of amides is 1. The fourth-order valence-corrected chi connectivity index (χ4v) is 3.62. The van der Waals surface area contributed by atoms with Crippen LogP contribution < -0.4 is 4.74 Å². The van der Waals surface area contributed by atoms with Crippen molar-refractivity contribution in [2.45, 2.75) is 44.9 Å². The summed E-state index contributed by atoms with van der Waals surface area (Å²) in [6.07, 6.45) is 5.17. The molecule has 1 aliphatic carbocycles. The number of hydrogen-bond donors (Lipinski definition) is 0. The molecule has 0 N–H and O–H groups in total. The van der Waals surface area contributed by atoms with Gasteiger partial charge in [-0.2, -0.15) is 4.98 Å². The summed E-state index contributed by atoms with van der Waals surface area (Å²) in [5, 5.41) is 4.09. The van der Waals surface area contributed by atoms with Crippen molar-refractivity contribution in [3.63, 3.8) is 0 Å². The maximum Gasteiger partial charge on any atom is 0.257 e. The Bertz CT molecular complexity index is 769. The van der Waals surface area contributed by atoms with Crippen LogP contribution in [0, 0.1) is 5.92 Å². The maximum atomic E-state index is 13.0. The normalized spacial score (nSPS) is 20.2. The summed E-state index contributed by atoms with van der Waals surface area (Å²) in [6.45, 7) is 3.99. The Labute approximate surface area is 153 Å². The summed E-state index contributed by atoms with van der Waals surface area (Å²) < 4.78 is 11.0. The minimum Gasteiger partial charge on any atom is -0.493 e. The van der Waals surface area contributed by atoms with Crippen molar-refractivity contribution in [2.24, 2.45) is 5.92 Å². The lowest BCUT2D eigenvalue weighted by Gasteiger charge is -2.32. The highest BCUT2D eigenvalue weighted by molar-refractivity contribution is 5.97. The molecule has 1 amide bonds. The largest absolute Gasteiger partial charge is 0.493 e. The first-order chi connectivity index (χ1) is 12.7. The fraction of sp³-hybridized carbons (Fsp3) is 0.550. The lowest BCUT2D eigenvalue weighted by Crippen LogP contribution is -2.40. The van der Waals surface area contributed by atoms with Crippen molar-refractivity contribution in [3.8, 4) is 5.75 Å². The molecular weight excluding hydrogens is 330 g/mol. The van der Waals surface area contributed by atoms with Crippen molar-refractivity contribution in [1.29, 1.82) is 0 Å². The number of nitrogens with zero attached hydrogens (tertiary/aromatic N) is 3. The van der Waals surface area contributed by atoms with Crippen molar-refractivity contribution >= 4 is 5.91 Å². The van der Waals surface area contributed by atoms with E-state index in [1.807, 2.05) is 36.1 Å². The lowest BCUT2D eigenvalue weighted by molar-refractivity contribution is 0.0664. The zero-order chi connectivity index (χ0) is 17.9. The Kier molecular flexibility index (Phi) is 4.91. The molecule has 1 aliphatic heterocycles. The van der Waals surface area contributed by atoms with Crippen LogP contribution in [0.4, 0.5) is 0 Å². The number of benzene rings is 1. The van der Waals surface area contributed by atoms with Crippen LogP contribution in [0.2, 0.25) is 0 Å². The zero-order valence-electron chi connectivity index (χ0n) is 15.2. The second kappa shape index (κ2) is 7.48. The molecule has 6 heteroatoms. The minimum absolute atomic E-state index is 0.0444. The first-order valence-corrected chi connectivity index (χ1v) is 9.58. The summed E-state index contributed by atoms with van der Waals surface area (Å²) >= 11 is 0. The van der Waals surface area contributed by atoms with E-state index in [9.17, 15) is 4.79 Å². The van der Waals surface area contributed by atoms with E-state index in [0.29, 0.717) is 35.6 Å². The molecule has 0 bridgehead atoms. The third-order valence-electron chi connectivity index (χ3n) is 5.11. The number of ether oxygens (including phenoxy) is 1. The molecule has 1 saturated carbocycles. The van der Waals surface area contributed by atoms with Gasteiger partial charge in [-0.3, -0.25) is 4.79 Å². The summed E-state index contributed by atoms with van der Waals surface area (Å²) in [5.74, 6) is 3.14. The van der Waals surface area contributed by atoms with Gasteiger partial charge in [0.25, 0.3) is 5.91 Å². The van der Waals surface area contributed by atoms with E-state index in [1.165, 1.54) is 12.8 Å². The van der Waals surface area contributed by atoms with Crippen LogP contribution in [-0.2, 0) is 6.42 Å². The second-order valence-electron chi connectivity index (χ2n) is 7.21. The van der Waals surface area contributed by atoms with E-state index < -0.39 is 0 Å². The number of carbonyl (C=O) groups excluding carboxylic acids is 1. The standard InChI is InChI=1S/C20H25N3O3/c1-2-25-17-8-4-3-7-16(17)20(24)23-11-5-6-14(13-23)12-18-21-19(22-26-18)15-9-10-15/h3-4,7-8,14-15H,2,5-6,9-13H2,1H3. The van der Waals surface area contributed by atoms with Gasteiger partial charge in [0.15, 0.2) is 5.82 Å². The molecule has 26 heavy (non-hydrogen) atoms. The van der Waals surface area contributed by atoms with Gasteiger partial charge in [-0.05, 0) is 50.7 Å². The molecule has 6 nitrogen and oxygen atoms in total. The SMILES string of the molecule is CCOc1ccccc1C(=O)N1CCCC(Cc2nc(C3CC3)no2)C1. The molecule has 4 rings (SSSR count). The maximum absolute atomic E-state index is 13.0. The van der Waals surface area contributed by atoms with Gasteiger partial charge < -0.3 is 14.2 Å². The average molecular weight is 355 g/mol. The van der Waals surface area contributed by atoms with Gasteiger partial charge in [0.05, 0.1) is 12.2 Å². The molecule has 2 aromatic rings. The third kappa shape index (κ3) is 3.74. The number of likely N-dealkylation sites (tertiary alicyclic amines) is 1. The summed E-state index contributed by atoms with van der Waals surface area (Å²) in [7, 11) is 0. The van der Waals surface area contributed by atoms with E-state index in [-0.39, 0.29) is 5.91 Å². The third-order valence-corrected chi connectivity index (χ3v) is 5.11. The number of rotatable bonds is 6. The highest BCUT2D eigenvalue weighted by Gasteiger charge is 2.30. The molecular formula is C20H25N3O3. The molecule has 1 aromatic heterocycles. The minimum atomic E-state index is 0.0444. The van der Waals surface area contributed by atoms with Crippen molar-refractivity contribution in [3.05, 3.63) is 41.5 Å². The molecule has 0 spiro atoms. The topological polar surface area (TPSA) is 68.5 Å². The quantitative estimate of drug-likeness (QED) is 0.794. The van der Waals surface area contributed by atoms with E-state index >= 15 is 0 Å². The van der Waals surface area contributed by atoms with Crippen LogP contribution in [0.1, 0.15) is 60.6 Å². The predicted molar refractivity (Wildman–Crippen MR) is 96.2 cm³/mol.